The highest BCUT2D eigenvalue weighted by Gasteiger charge is 2.16. The number of methoxy groups -OCH3 is 2. The third-order valence-electron chi connectivity index (χ3n) is 2.84. The Morgan fingerprint density at radius 3 is 1.39 bits per heavy atom. The molecule has 0 saturated heterocycles. The van der Waals surface area contributed by atoms with E-state index < -0.39 is 11.5 Å². The molecule has 0 bridgehead atoms. The summed E-state index contributed by atoms with van der Waals surface area (Å²) in [7, 11) is 2.74. The van der Waals surface area contributed by atoms with Crippen molar-refractivity contribution < 1.29 is 33.5 Å². The smallest absolute Gasteiger partial charge is 0.201 e. The molecule has 0 aliphatic heterocycles. The number of phenols is 4. The minimum Gasteiger partial charge on any atom is -0.503 e. The van der Waals surface area contributed by atoms with Crippen molar-refractivity contribution in [3.63, 3.8) is 0 Å². The third-order valence-corrected chi connectivity index (χ3v) is 4.40. The Labute approximate surface area is 140 Å². The summed E-state index contributed by atoms with van der Waals surface area (Å²) < 4.78 is 15.0. The standard InChI is InChI=1S/C14H14O7S2/c1-19-7-3-5-9(13(17)11(7)15)22-21-23-10-6-4-8(20-2)12(16)14(10)18/h3-6,15-18H,1-2H3. The fourth-order valence-corrected chi connectivity index (χ4v) is 2.96. The first-order chi connectivity index (χ1) is 11.0. The zero-order valence-corrected chi connectivity index (χ0v) is 13.8. The van der Waals surface area contributed by atoms with Crippen molar-refractivity contribution in [1.82, 2.24) is 0 Å². The van der Waals surface area contributed by atoms with E-state index in [1.807, 2.05) is 0 Å². The lowest BCUT2D eigenvalue weighted by atomic mass is 10.3. The lowest BCUT2D eigenvalue weighted by Gasteiger charge is -2.10. The van der Waals surface area contributed by atoms with Gasteiger partial charge in [-0.05, 0) is 24.3 Å². The van der Waals surface area contributed by atoms with Crippen LogP contribution in [0.25, 0.3) is 0 Å². The zero-order valence-electron chi connectivity index (χ0n) is 12.1. The Hall–Kier alpha value is -2.10. The topological polar surface area (TPSA) is 109 Å². The number of benzene rings is 2. The van der Waals surface area contributed by atoms with Crippen molar-refractivity contribution >= 4 is 24.1 Å². The van der Waals surface area contributed by atoms with Crippen LogP contribution in [0.4, 0.5) is 0 Å². The highest BCUT2D eigenvalue weighted by molar-refractivity contribution is 8.08. The largest absolute Gasteiger partial charge is 0.503 e. The van der Waals surface area contributed by atoms with Gasteiger partial charge in [0, 0.05) is 24.1 Å². The average molecular weight is 358 g/mol. The molecule has 23 heavy (non-hydrogen) atoms. The monoisotopic (exact) mass is 358 g/mol. The number of rotatable bonds is 6. The van der Waals surface area contributed by atoms with E-state index >= 15 is 0 Å². The number of hydrogen-bond acceptors (Lipinski definition) is 9. The van der Waals surface area contributed by atoms with Crippen LogP contribution >= 0.6 is 24.1 Å². The van der Waals surface area contributed by atoms with Crippen LogP contribution in [0.2, 0.25) is 0 Å². The Morgan fingerprint density at radius 1 is 0.652 bits per heavy atom. The van der Waals surface area contributed by atoms with Gasteiger partial charge in [-0.25, -0.2) is 3.63 Å². The van der Waals surface area contributed by atoms with Gasteiger partial charge in [0.2, 0.25) is 11.5 Å². The highest BCUT2D eigenvalue weighted by atomic mass is 32.2. The zero-order chi connectivity index (χ0) is 17.0. The van der Waals surface area contributed by atoms with Gasteiger partial charge in [-0.2, -0.15) is 0 Å². The summed E-state index contributed by atoms with van der Waals surface area (Å²) in [6, 6.07) is 5.96. The third kappa shape index (κ3) is 3.63. The summed E-state index contributed by atoms with van der Waals surface area (Å²) in [5.74, 6) is -1.27. The van der Waals surface area contributed by atoms with Gasteiger partial charge in [-0.15, -0.1) is 0 Å². The van der Waals surface area contributed by atoms with Crippen molar-refractivity contribution in [2.45, 2.75) is 9.79 Å². The van der Waals surface area contributed by atoms with Crippen molar-refractivity contribution in [2.75, 3.05) is 14.2 Å². The second-order valence-corrected chi connectivity index (χ2v) is 5.92. The molecule has 0 saturated carbocycles. The first-order valence-electron chi connectivity index (χ1n) is 6.18. The van der Waals surface area contributed by atoms with E-state index in [1.54, 1.807) is 0 Å². The fourth-order valence-electron chi connectivity index (χ4n) is 1.64. The maximum absolute atomic E-state index is 9.83. The van der Waals surface area contributed by atoms with Gasteiger partial charge in [0.05, 0.1) is 24.0 Å². The van der Waals surface area contributed by atoms with Crippen LogP contribution in [-0.2, 0) is 3.63 Å². The predicted octanol–water partition coefficient (Wildman–Crippen LogP) is 3.26. The summed E-state index contributed by atoms with van der Waals surface area (Å²) in [4.78, 5) is 0.515. The Bertz CT molecular complexity index is 647. The molecule has 0 radical (unpaired) electrons. The van der Waals surface area contributed by atoms with E-state index in [0.29, 0.717) is 0 Å². The molecule has 7 nitrogen and oxygen atoms in total. The predicted molar refractivity (Wildman–Crippen MR) is 85.4 cm³/mol. The molecule has 0 aromatic heterocycles. The minimum atomic E-state index is -0.393. The minimum absolute atomic E-state index is 0.136. The molecule has 4 N–H and O–H groups in total. The van der Waals surface area contributed by atoms with Crippen LogP contribution in [0.1, 0.15) is 0 Å². The first kappa shape index (κ1) is 17.3. The molecule has 124 valence electrons. The van der Waals surface area contributed by atoms with E-state index in [4.69, 9.17) is 13.1 Å². The van der Waals surface area contributed by atoms with Crippen LogP contribution < -0.4 is 9.47 Å². The number of ether oxygens (including phenoxy) is 2. The van der Waals surface area contributed by atoms with E-state index in [1.165, 1.54) is 38.5 Å². The lowest BCUT2D eigenvalue weighted by Crippen LogP contribution is -1.86. The summed E-state index contributed by atoms with van der Waals surface area (Å²) >= 11 is 1.55. The van der Waals surface area contributed by atoms with Gasteiger partial charge in [0.1, 0.15) is 0 Å². The van der Waals surface area contributed by atoms with Crippen LogP contribution in [0.5, 0.6) is 34.5 Å². The molecule has 0 unspecified atom stereocenters. The summed E-state index contributed by atoms with van der Waals surface area (Å²) in [6.07, 6.45) is 0. The summed E-state index contributed by atoms with van der Waals surface area (Å²) in [6.45, 7) is 0. The fraction of sp³-hybridized carbons (Fsp3) is 0.143. The van der Waals surface area contributed by atoms with Crippen molar-refractivity contribution in [1.29, 1.82) is 0 Å². The Kier molecular flexibility index (Phi) is 5.59. The molecule has 9 heteroatoms. The van der Waals surface area contributed by atoms with Crippen LogP contribution in [0.3, 0.4) is 0 Å². The number of phenolic OH excluding ortho intramolecular Hbond substituents is 4. The van der Waals surface area contributed by atoms with Gasteiger partial charge in [-0.3, -0.25) is 0 Å². The molecule has 0 spiro atoms. The highest BCUT2D eigenvalue weighted by Crippen LogP contribution is 2.47. The number of aromatic hydroxyl groups is 4. The number of hydrogen-bond donors (Lipinski definition) is 4. The molecule has 0 amide bonds. The quantitative estimate of drug-likeness (QED) is 0.457. The molecule has 0 aliphatic carbocycles. The maximum atomic E-state index is 9.83. The first-order valence-corrected chi connectivity index (χ1v) is 7.67. The molecule has 0 aliphatic rings. The van der Waals surface area contributed by atoms with Gasteiger partial charge in [0.15, 0.2) is 23.0 Å². The van der Waals surface area contributed by atoms with E-state index in [0.717, 1.165) is 24.1 Å². The molecule has 2 aromatic rings. The summed E-state index contributed by atoms with van der Waals surface area (Å²) in [5, 5.41) is 39.0. The maximum Gasteiger partial charge on any atom is 0.201 e. The SMILES string of the molecule is COc1ccc(SOSc2ccc(OC)c(O)c2O)c(O)c1O. The Morgan fingerprint density at radius 2 is 1.04 bits per heavy atom. The lowest BCUT2D eigenvalue weighted by molar-refractivity contribution is 0.346. The van der Waals surface area contributed by atoms with Crippen LogP contribution in [0.15, 0.2) is 34.1 Å². The molecular formula is C14H14O7S2. The van der Waals surface area contributed by atoms with Crippen molar-refractivity contribution in [2.24, 2.45) is 0 Å². The molecule has 2 aromatic carbocycles. The molecule has 2 rings (SSSR count). The van der Waals surface area contributed by atoms with E-state index in [2.05, 4.69) is 0 Å². The van der Waals surface area contributed by atoms with Crippen molar-refractivity contribution in [3.05, 3.63) is 24.3 Å². The Balaban J connectivity index is 2.06. The van der Waals surface area contributed by atoms with Crippen LogP contribution in [-0.4, -0.2) is 34.6 Å². The van der Waals surface area contributed by atoms with E-state index in [-0.39, 0.29) is 32.8 Å². The van der Waals surface area contributed by atoms with Gasteiger partial charge in [0.25, 0.3) is 0 Å². The van der Waals surface area contributed by atoms with Gasteiger partial charge < -0.3 is 29.9 Å². The van der Waals surface area contributed by atoms with E-state index in [9.17, 15) is 20.4 Å². The molecule has 0 heterocycles. The normalized spacial score (nSPS) is 10.5. The second-order valence-electron chi connectivity index (χ2n) is 4.16. The van der Waals surface area contributed by atoms with Crippen LogP contribution in [0, 0.1) is 0 Å². The molecule has 0 fully saturated rings. The van der Waals surface area contributed by atoms with Crippen molar-refractivity contribution in [3.8, 4) is 34.5 Å². The average Bonchev–Trinajstić information content (AvgIpc) is 2.55. The van der Waals surface area contributed by atoms with Gasteiger partial charge >= 0.3 is 0 Å². The molecule has 0 atom stereocenters. The molecular weight excluding hydrogens is 344 g/mol. The second kappa shape index (κ2) is 7.44. The van der Waals surface area contributed by atoms with Gasteiger partial charge in [-0.1, -0.05) is 0 Å². The summed E-state index contributed by atoms with van der Waals surface area (Å²) in [5.41, 5.74) is 0.